The predicted octanol–water partition coefficient (Wildman–Crippen LogP) is 3.72. The number of benzene rings is 2. The molecule has 0 spiro atoms. The summed E-state index contributed by atoms with van der Waals surface area (Å²) in [6.45, 7) is 0. The van der Waals surface area contributed by atoms with Crippen molar-refractivity contribution in [2.24, 2.45) is 0 Å². The first-order valence-corrected chi connectivity index (χ1v) is 8.77. The lowest BCUT2D eigenvalue weighted by Crippen LogP contribution is -2.01. The molecular weight excluding hydrogens is 352 g/mol. The van der Waals surface area contributed by atoms with E-state index in [1.807, 2.05) is 0 Å². The summed E-state index contributed by atoms with van der Waals surface area (Å²) in [6, 6.07) is 11.2. The lowest BCUT2D eigenvalue weighted by molar-refractivity contribution is 0.374. The molecule has 0 N–H and O–H groups in total. The fourth-order valence-electron chi connectivity index (χ4n) is 2.08. The van der Waals surface area contributed by atoms with E-state index in [2.05, 4.69) is 0 Å². The zero-order valence-corrected chi connectivity index (χ0v) is 15.0. The average Bonchev–Trinajstić information content (AvgIpc) is 2.62. The van der Waals surface area contributed by atoms with Gasteiger partial charge in [-0.3, -0.25) is 0 Å². The minimum atomic E-state index is -3.82. The van der Waals surface area contributed by atoms with Crippen molar-refractivity contribution < 1.29 is 22.6 Å². The Hall–Kier alpha value is -2.18. The van der Waals surface area contributed by atoms with Gasteiger partial charge in [0.05, 0.1) is 31.8 Å². The minimum Gasteiger partial charge on any atom is -0.496 e. The van der Waals surface area contributed by atoms with Crippen molar-refractivity contribution in [3.05, 3.63) is 52.4 Å². The van der Waals surface area contributed by atoms with Crippen LogP contribution in [-0.2, 0) is 9.84 Å². The van der Waals surface area contributed by atoms with E-state index in [4.69, 9.17) is 25.8 Å². The molecule has 0 saturated heterocycles. The van der Waals surface area contributed by atoms with Crippen LogP contribution in [0.15, 0.2) is 51.7 Å². The molecule has 128 valence electrons. The topological polar surface area (TPSA) is 61.8 Å². The zero-order valence-electron chi connectivity index (χ0n) is 13.4. The molecule has 0 radical (unpaired) electrons. The Morgan fingerprint density at radius 1 is 0.958 bits per heavy atom. The number of hydrogen-bond acceptors (Lipinski definition) is 5. The van der Waals surface area contributed by atoms with Crippen LogP contribution in [0.1, 0.15) is 5.56 Å². The van der Waals surface area contributed by atoms with Crippen LogP contribution in [-0.4, -0.2) is 29.7 Å². The molecule has 0 saturated carbocycles. The predicted molar refractivity (Wildman–Crippen MR) is 93.6 cm³/mol. The van der Waals surface area contributed by atoms with E-state index in [0.717, 1.165) is 0 Å². The van der Waals surface area contributed by atoms with Gasteiger partial charge in [-0.15, -0.1) is 0 Å². The maximum Gasteiger partial charge on any atom is 0.217 e. The lowest BCUT2D eigenvalue weighted by Gasteiger charge is -2.13. The Morgan fingerprint density at radius 3 is 1.96 bits per heavy atom. The largest absolute Gasteiger partial charge is 0.496 e. The summed E-state index contributed by atoms with van der Waals surface area (Å²) in [5.41, 5.74) is 0.408. The molecule has 0 unspecified atom stereocenters. The molecule has 2 rings (SSSR count). The summed E-state index contributed by atoms with van der Waals surface area (Å²) in [5, 5.41) is 0. The van der Waals surface area contributed by atoms with Crippen molar-refractivity contribution in [3.63, 3.8) is 0 Å². The normalized spacial score (nSPS) is 11.9. The van der Waals surface area contributed by atoms with Crippen LogP contribution in [0.2, 0.25) is 0 Å². The molecule has 7 heteroatoms. The van der Waals surface area contributed by atoms with Gasteiger partial charge in [-0.05, 0) is 18.2 Å². The van der Waals surface area contributed by atoms with Crippen molar-refractivity contribution in [1.29, 1.82) is 0 Å². The van der Waals surface area contributed by atoms with Crippen LogP contribution >= 0.6 is 11.6 Å². The molecule has 0 aliphatic heterocycles. The second-order valence-electron chi connectivity index (χ2n) is 4.71. The van der Waals surface area contributed by atoms with Crippen LogP contribution in [0.25, 0.3) is 6.08 Å². The van der Waals surface area contributed by atoms with Crippen LogP contribution in [0, 0.1) is 0 Å². The van der Waals surface area contributed by atoms with Crippen LogP contribution in [0.4, 0.5) is 0 Å². The van der Waals surface area contributed by atoms with E-state index < -0.39 is 9.84 Å². The number of sulfone groups is 1. The summed E-state index contributed by atoms with van der Waals surface area (Å²) < 4.78 is 40.5. The molecule has 0 aliphatic carbocycles. The van der Waals surface area contributed by atoms with Gasteiger partial charge in [-0.1, -0.05) is 29.8 Å². The Kier molecular flexibility index (Phi) is 5.75. The van der Waals surface area contributed by atoms with Gasteiger partial charge in [-0.25, -0.2) is 8.42 Å². The molecule has 2 aromatic rings. The van der Waals surface area contributed by atoms with E-state index in [-0.39, 0.29) is 9.26 Å². The van der Waals surface area contributed by atoms with Gasteiger partial charge in [0.2, 0.25) is 9.84 Å². The molecule has 0 aliphatic rings. The number of ether oxygens (including phenoxy) is 3. The van der Waals surface area contributed by atoms with Gasteiger partial charge in [0.25, 0.3) is 0 Å². The monoisotopic (exact) mass is 368 g/mol. The number of methoxy groups -OCH3 is 3. The Morgan fingerprint density at radius 2 is 1.50 bits per heavy atom. The SMILES string of the molecule is COc1cc(OC)c(/C=C(\Cl)S(=O)(=O)c2ccccc2)c(OC)c1. The second kappa shape index (κ2) is 7.59. The van der Waals surface area contributed by atoms with Gasteiger partial charge in [0, 0.05) is 12.1 Å². The van der Waals surface area contributed by atoms with Crippen molar-refractivity contribution in [2.45, 2.75) is 4.90 Å². The number of hydrogen-bond donors (Lipinski definition) is 0. The Bertz CT molecular complexity index is 820. The zero-order chi connectivity index (χ0) is 17.7. The fraction of sp³-hybridized carbons (Fsp3) is 0.176. The minimum absolute atomic E-state index is 0.109. The maximum atomic E-state index is 12.6. The fourth-order valence-corrected chi connectivity index (χ4v) is 3.47. The first-order chi connectivity index (χ1) is 11.4. The molecule has 0 aromatic heterocycles. The smallest absolute Gasteiger partial charge is 0.217 e. The highest BCUT2D eigenvalue weighted by molar-refractivity contribution is 7.97. The van der Waals surface area contributed by atoms with E-state index in [1.165, 1.54) is 39.5 Å². The van der Waals surface area contributed by atoms with Gasteiger partial charge >= 0.3 is 0 Å². The van der Waals surface area contributed by atoms with E-state index in [9.17, 15) is 8.42 Å². The highest BCUT2D eigenvalue weighted by Gasteiger charge is 2.21. The lowest BCUT2D eigenvalue weighted by atomic mass is 10.1. The highest BCUT2D eigenvalue weighted by Crippen LogP contribution is 2.37. The summed E-state index contributed by atoms with van der Waals surface area (Å²) in [6.07, 6.45) is 1.31. The van der Waals surface area contributed by atoms with Gasteiger partial charge in [0.15, 0.2) is 0 Å². The second-order valence-corrected chi connectivity index (χ2v) is 7.26. The quantitative estimate of drug-likeness (QED) is 0.777. The van der Waals surface area contributed by atoms with Crippen molar-refractivity contribution in [1.82, 2.24) is 0 Å². The molecule has 0 atom stereocenters. The molecule has 0 bridgehead atoms. The van der Waals surface area contributed by atoms with Crippen LogP contribution in [0.3, 0.4) is 0 Å². The molecule has 0 heterocycles. The summed E-state index contributed by atoms with van der Waals surface area (Å²) in [7, 11) is 0.619. The summed E-state index contributed by atoms with van der Waals surface area (Å²) in [5.74, 6) is 1.28. The third-order valence-corrected chi connectivity index (χ3v) is 5.56. The highest BCUT2D eigenvalue weighted by atomic mass is 35.5. The molecule has 0 fully saturated rings. The van der Waals surface area contributed by atoms with Crippen molar-refractivity contribution >= 4 is 27.5 Å². The molecule has 5 nitrogen and oxygen atoms in total. The average molecular weight is 369 g/mol. The molecule has 24 heavy (non-hydrogen) atoms. The maximum absolute atomic E-state index is 12.6. The van der Waals surface area contributed by atoms with E-state index >= 15 is 0 Å². The van der Waals surface area contributed by atoms with Crippen molar-refractivity contribution in [2.75, 3.05) is 21.3 Å². The van der Waals surface area contributed by atoms with E-state index in [1.54, 1.807) is 30.3 Å². The Labute approximate surface area is 146 Å². The van der Waals surface area contributed by atoms with Gasteiger partial charge in [0.1, 0.15) is 21.6 Å². The summed E-state index contributed by atoms with van der Waals surface area (Å²) >= 11 is 6.10. The summed E-state index contributed by atoms with van der Waals surface area (Å²) in [4.78, 5) is 0.109. The van der Waals surface area contributed by atoms with Crippen LogP contribution in [0.5, 0.6) is 17.2 Å². The standard InChI is InChI=1S/C17H17ClO5S/c1-21-12-9-15(22-2)14(16(10-12)23-3)11-17(18)24(19,20)13-7-5-4-6-8-13/h4-11H,1-3H3/b17-11+. The van der Waals surface area contributed by atoms with Crippen molar-refractivity contribution in [3.8, 4) is 17.2 Å². The Balaban J connectivity index is 2.58. The third-order valence-electron chi connectivity index (χ3n) is 3.32. The first kappa shape index (κ1) is 18.2. The first-order valence-electron chi connectivity index (χ1n) is 6.91. The number of rotatable bonds is 6. The molecular formula is C17H17ClO5S. The third kappa shape index (κ3) is 3.66. The van der Waals surface area contributed by atoms with Crippen LogP contribution < -0.4 is 14.2 Å². The van der Waals surface area contributed by atoms with Gasteiger partial charge in [-0.2, -0.15) is 0 Å². The van der Waals surface area contributed by atoms with E-state index in [0.29, 0.717) is 22.8 Å². The molecule has 0 amide bonds. The number of halogens is 1. The molecule has 2 aromatic carbocycles. The van der Waals surface area contributed by atoms with Gasteiger partial charge < -0.3 is 14.2 Å².